The lowest BCUT2D eigenvalue weighted by molar-refractivity contribution is -0.132. The van der Waals surface area contributed by atoms with Crippen molar-refractivity contribution >= 4 is 17.5 Å². The van der Waals surface area contributed by atoms with Gasteiger partial charge in [0.25, 0.3) is 0 Å². The molecule has 21 heavy (non-hydrogen) atoms. The second-order valence-corrected chi connectivity index (χ2v) is 6.49. The third-order valence-electron chi connectivity index (χ3n) is 4.45. The summed E-state index contributed by atoms with van der Waals surface area (Å²) in [5, 5.41) is 0.755. The average molecular weight is 309 g/mol. The van der Waals surface area contributed by atoms with E-state index in [2.05, 4.69) is 0 Å². The molecule has 0 aromatic heterocycles. The molecule has 1 aromatic carbocycles. The van der Waals surface area contributed by atoms with Crippen LogP contribution in [0.4, 0.5) is 0 Å². The average Bonchev–Trinajstić information content (AvgIpc) is 2.49. The van der Waals surface area contributed by atoms with Gasteiger partial charge >= 0.3 is 0 Å². The van der Waals surface area contributed by atoms with E-state index in [0.717, 1.165) is 43.5 Å². The van der Waals surface area contributed by atoms with Gasteiger partial charge in [-0.15, -0.1) is 0 Å². The molecule has 0 unspecified atom stereocenters. The highest BCUT2D eigenvalue weighted by Gasteiger charge is 2.24. The summed E-state index contributed by atoms with van der Waals surface area (Å²) in [5.74, 6) is 0.254. The first-order valence-electron chi connectivity index (χ1n) is 7.82. The van der Waals surface area contributed by atoms with Crippen LogP contribution in [0.15, 0.2) is 24.3 Å². The third kappa shape index (κ3) is 5.01. The summed E-state index contributed by atoms with van der Waals surface area (Å²) >= 11 is 5.86. The first kappa shape index (κ1) is 16.3. The van der Waals surface area contributed by atoms with Crippen molar-refractivity contribution < 1.29 is 4.79 Å². The molecular weight excluding hydrogens is 284 g/mol. The van der Waals surface area contributed by atoms with E-state index >= 15 is 0 Å². The molecule has 0 spiro atoms. The van der Waals surface area contributed by atoms with Gasteiger partial charge in [-0.05, 0) is 56.2 Å². The van der Waals surface area contributed by atoms with E-state index in [9.17, 15) is 4.79 Å². The van der Waals surface area contributed by atoms with E-state index in [1.807, 2.05) is 36.2 Å². The summed E-state index contributed by atoms with van der Waals surface area (Å²) in [7, 11) is 1.94. The zero-order valence-corrected chi connectivity index (χ0v) is 13.5. The van der Waals surface area contributed by atoms with Crippen LogP contribution in [-0.2, 0) is 11.2 Å². The molecule has 1 saturated carbocycles. The lowest BCUT2D eigenvalue weighted by Crippen LogP contribution is -2.41. The Labute approximate surface area is 132 Å². The van der Waals surface area contributed by atoms with Gasteiger partial charge in [-0.1, -0.05) is 23.7 Å². The molecule has 116 valence electrons. The van der Waals surface area contributed by atoms with E-state index in [-0.39, 0.29) is 5.91 Å². The van der Waals surface area contributed by atoms with Crippen LogP contribution in [0.2, 0.25) is 5.02 Å². The maximum atomic E-state index is 12.2. The van der Waals surface area contributed by atoms with Crippen molar-refractivity contribution in [2.75, 3.05) is 7.05 Å². The zero-order chi connectivity index (χ0) is 15.2. The molecule has 1 amide bonds. The molecule has 0 radical (unpaired) electrons. The fraction of sp³-hybridized carbons (Fsp3) is 0.588. The second kappa shape index (κ2) is 7.81. The van der Waals surface area contributed by atoms with Crippen molar-refractivity contribution in [3.8, 4) is 0 Å². The van der Waals surface area contributed by atoms with Gasteiger partial charge in [0.1, 0.15) is 0 Å². The van der Waals surface area contributed by atoms with Crippen molar-refractivity contribution in [2.45, 2.75) is 57.0 Å². The van der Waals surface area contributed by atoms with Crippen molar-refractivity contribution in [1.29, 1.82) is 0 Å². The Kier molecular flexibility index (Phi) is 6.07. The van der Waals surface area contributed by atoms with Crippen LogP contribution in [0.1, 0.15) is 44.1 Å². The number of halogens is 1. The predicted octanol–water partition coefficient (Wildman–Crippen LogP) is 3.39. The zero-order valence-electron chi connectivity index (χ0n) is 12.7. The molecule has 1 aliphatic carbocycles. The van der Waals surface area contributed by atoms with Crippen molar-refractivity contribution in [3.05, 3.63) is 34.9 Å². The van der Waals surface area contributed by atoms with Crippen LogP contribution >= 0.6 is 11.6 Å². The van der Waals surface area contributed by atoms with Crippen LogP contribution in [-0.4, -0.2) is 29.9 Å². The summed E-state index contributed by atoms with van der Waals surface area (Å²) in [5.41, 5.74) is 7.15. The molecule has 0 heterocycles. The number of benzene rings is 1. The minimum atomic E-state index is 0.254. The lowest BCUT2D eigenvalue weighted by Gasteiger charge is -2.33. The number of carbonyl (C=O) groups excluding carboxylic acids is 1. The van der Waals surface area contributed by atoms with E-state index in [0.29, 0.717) is 18.5 Å². The largest absolute Gasteiger partial charge is 0.343 e. The summed E-state index contributed by atoms with van der Waals surface area (Å²) in [6, 6.07) is 8.56. The Bertz CT molecular complexity index is 452. The first-order valence-corrected chi connectivity index (χ1v) is 8.19. The molecule has 2 N–H and O–H groups in total. The molecule has 4 heteroatoms. The van der Waals surface area contributed by atoms with Gasteiger partial charge in [-0.2, -0.15) is 0 Å². The minimum absolute atomic E-state index is 0.254. The summed E-state index contributed by atoms with van der Waals surface area (Å²) in [4.78, 5) is 14.2. The van der Waals surface area contributed by atoms with E-state index in [1.165, 1.54) is 5.56 Å². The van der Waals surface area contributed by atoms with Gasteiger partial charge in [-0.25, -0.2) is 0 Å². The van der Waals surface area contributed by atoms with Crippen LogP contribution in [0.3, 0.4) is 0 Å². The number of hydrogen-bond donors (Lipinski definition) is 1. The number of carbonyl (C=O) groups is 1. The first-order chi connectivity index (χ1) is 10.1. The van der Waals surface area contributed by atoms with Crippen LogP contribution in [0.25, 0.3) is 0 Å². The maximum absolute atomic E-state index is 12.2. The Morgan fingerprint density at radius 1 is 1.24 bits per heavy atom. The quantitative estimate of drug-likeness (QED) is 0.906. The molecular formula is C17H25ClN2O. The standard InChI is InChI=1S/C17H25ClN2O/c1-20(16-11-9-15(19)10-12-16)17(21)4-2-3-13-5-7-14(18)8-6-13/h5-8,15-16H,2-4,9-12,19H2,1H3. The molecule has 0 saturated heterocycles. The monoisotopic (exact) mass is 308 g/mol. The predicted molar refractivity (Wildman–Crippen MR) is 87.4 cm³/mol. The van der Waals surface area contributed by atoms with Crippen LogP contribution in [0.5, 0.6) is 0 Å². The van der Waals surface area contributed by atoms with Crippen LogP contribution in [0, 0.1) is 0 Å². The topological polar surface area (TPSA) is 46.3 Å². The number of rotatable bonds is 5. The lowest BCUT2D eigenvalue weighted by atomic mass is 9.91. The second-order valence-electron chi connectivity index (χ2n) is 6.05. The molecule has 0 aliphatic heterocycles. The summed E-state index contributed by atoms with van der Waals surface area (Å²) in [6.45, 7) is 0. The number of nitrogens with zero attached hydrogens (tertiary/aromatic N) is 1. The molecule has 0 atom stereocenters. The normalized spacial score (nSPS) is 22.0. The SMILES string of the molecule is CN(C(=O)CCCc1ccc(Cl)cc1)C1CCC(N)CC1. The Hall–Kier alpha value is -1.06. The van der Waals surface area contributed by atoms with E-state index in [1.54, 1.807) is 0 Å². The van der Waals surface area contributed by atoms with Gasteiger partial charge in [0.2, 0.25) is 5.91 Å². The fourth-order valence-corrected chi connectivity index (χ4v) is 3.09. The number of amides is 1. The molecule has 1 fully saturated rings. The fourth-order valence-electron chi connectivity index (χ4n) is 2.96. The van der Waals surface area contributed by atoms with Crippen molar-refractivity contribution in [1.82, 2.24) is 4.90 Å². The third-order valence-corrected chi connectivity index (χ3v) is 4.70. The Balaban J connectivity index is 1.72. The van der Waals surface area contributed by atoms with Gasteiger partial charge in [-0.3, -0.25) is 4.79 Å². The number of hydrogen-bond acceptors (Lipinski definition) is 2. The van der Waals surface area contributed by atoms with E-state index in [4.69, 9.17) is 17.3 Å². The van der Waals surface area contributed by atoms with Crippen molar-refractivity contribution in [2.24, 2.45) is 5.73 Å². The highest BCUT2D eigenvalue weighted by atomic mass is 35.5. The Morgan fingerprint density at radius 2 is 1.86 bits per heavy atom. The summed E-state index contributed by atoms with van der Waals surface area (Å²) in [6.07, 6.45) is 6.58. The molecule has 2 rings (SSSR count). The van der Waals surface area contributed by atoms with Gasteiger partial charge in [0, 0.05) is 30.6 Å². The van der Waals surface area contributed by atoms with E-state index < -0.39 is 0 Å². The highest BCUT2D eigenvalue weighted by molar-refractivity contribution is 6.30. The van der Waals surface area contributed by atoms with Gasteiger partial charge < -0.3 is 10.6 Å². The Morgan fingerprint density at radius 3 is 2.48 bits per heavy atom. The minimum Gasteiger partial charge on any atom is -0.343 e. The molecule has 3 nitrogen and oxygen atoms in total. The number of aryl methyl sites for hydroxylation is 1. The molecule has 1 aromatic rings. The molecule has 1 aliphatic rings. The summed E-state index contributed by atoms with van der Waals surface area (Å²) < 4.78 is 0. The number of nitrogens with two attached hydrogens (primary N) is 1. The van der Waals surface area contributed by atoms with Crippen molar-refractivity contribution in [3.63, 3.8) is 0 Å². The maximum Gasteiger partial charge on any atom is 0.222 e. The smallest absolute Gasteiger partial charge is 0.222 e. The van der Waals surface area contributed by atoms with Gasteiger partial charge in [0.15, 0.2) is 0 Å². The van der Waals surface area contributed by atoms with Gasteiger partial charge in [0.05, 0.1) is 0 Å². The molecule has 0 bridgehead atoms. The van der Waals surface area contributed by atoms with Crippen LogP contribution < -0.4 is 5.73 Å². The highest BCUT2D eigenvalue weighted by Crippen LogP contribution is 2.22.